The summed E-state index contributed by atoms with van der Waals surface area (Å²) in [7, 11) is 5.81. The van der Waals surface area contributed by atoms with Crippen LogP contribution in [0.4, 0.5) is 5.82 Å². The summed E-state index contributed by atoms with van der Waals surface area (Å²) in [4.78, 5) is 22.0. The Labute approximate surface area is 158 Å². The molecular weight excluding hydrogens is 342 g/mol. The maximum Gasteiger partial charge on any atom is 0.200 e. The number of ether oxygens (including phenoxy) is 1. The number of pyridine rings is 1. The van der Waals surface area contributed by atoms with E-state index in [0.29, 0.717) is 28.3 Å². The highest BCUT2D eigenvalue weighted by Gasteiger charge is 2.24. The van der Waals surface area contributed by atoms with Gasteiger partial charge in [-0.3, -0.25) is 4.79 Å². The van der Waals surface area contributed by atoms with E-state index in [4.69, 9.17) is 9.15 Å². The predicted molar refractivity (Wildman–Crippen MR) is 107 cm³/mol. The fourth-order valence-electron chi connectivity index (χ4n) is 3.54. The van der Waals surface area contributed by atoms with E-state index in [1.54, 1.807) is 31.5 Å². The molecule has 2 aromatic heterocycles. The Morgan fingerprint density at radius 1 is 1.26 bits per heavy atom. The minimum absolute atomic E-state index is 0.0673. The van der Waals surface area contributed by atoms with Gasteiger partial charge in [-0.25, -0.2) is 4.98 Å². The highest BCUT2D eigenvalue weighted by Crippen LogP contribution is 2.25. The molecule has 27 heavy (non-hydrogen) atoms. The van der Waals surface area contributed by atoms with Crippen molar-refractivity contribution in [3.05, 3.63) is 53.0 Å². The van der Waals surface area contributed by atoms with Crippen LogP contribution in [0.5, 0.6) is 5.75 Å². The topological polar surface area (TPSA) is 58.8 Å². The molecule has 6 nitrogen and oxygen atoms in total. The molecule has 4 rings (SSSR count). The predicted octanol–water partition coefficient (Wildman–Crippen LogP) is 3.00. The minimum atomic E-state index is -0.0673. The van der Waals surface area contributed by atoms with Crippen molar-refractivity contribution in [3.63, 3.8) is 0 Å². The number of anilines is 1. The molecule has 140 valence electrons. The van der Waals surface area contributed by atoms with Crippen LogP contribution in [0.2, 0.25) is 0 Å². The Hall–Kier alpha value is -2.86. The van der Waals surface area contributed by atoms with Crippen LogP contribution in [0.1, 0.15) is 6.42 Å². The maximum atomic E-state index is 12.8. The van der Waals surface area contributed by atoms with Gasteiger partial charge in [-0.1, -0.05) is 0 Å². The molecule has 0 spiro atoms. The normalized spacial score (nSPS) is 17.0. The Morgan fingerprint density at radius 2 is 2.11 bits per heavy atom. The highest BCUT2D eigenvalue weighted by molar-refractivity contribution is 5.82. The summed E-state index contributed by atoms with van der Waals surface area (Å²) >= 11 is 0. The molecule has 6 heteroatoms. The lowest BCUT2D eigenvalue weighted by Crippen LogP contribution is -2.31. The molecular formula is C21H23N3O3. The first-order chi connectivity index (χ1) is 13.1. The molecule has 0 aliphatic carbocycles. The molecule has 1 fully saturated rings. The first kappa shape index (κ1) is 17.5. The molecule has 1 aliphatic rings. The van der Waals surface area contributed by atoms with E-state index < -0.39 is 0 Å². The van der Waals surface area contributed by atoms with Gasteiger partial charge in [-0.05, 0) is 44.8 Å². The van der Waals surface area contributed by atoms with Crippen LogP contribution >= 0.6 is 0 Å². The molecule has 3 heterocycles. The summed E-state index contributed by atoms with van der Waals surface area (Å²) in [5, 5.41) is 0.533. The van der Waals surface area contributed by atoms with Crippen LogP contribution in [0.25, 0.3) is 22.1 Å². The molecule has 0 saturated carbocycles. The van der Waals surface area contributed by atoms with Crippen LogP contribution in [0.3, 0.4) is 0 Å². The zero-order chi connectivity index (χ0) is 19.0. The van der Waals surface area contributed by atoms with Gasteiger partial charge in [0.15, 0.2) is 0 Å². The number of aromatic nitrogens is 1. The molecule has 3 aromatic rings. The molecule has 0 amide bonds. The average Bonchev–Trinajstić information content (AvgIpc) is 3.19. The summed E-state index contributed by atoms with van der Waals surface area (Å²) in [6, 6.07) is 9.68. The Kier molecular flexibility index (Phi) is 4.58. The Bertz CT molecular complexity index is 1010. The van der Waals surface area contributed by atoms with Gasteiger partial charge >= 0.3 is 0 Å². The lowest BCUT2D eigenvalue weighted by Gasteiger charge is -2.21. The minimum Gasteiger partial charge on any atom is -0.497 e. The van der Waals surface area contributed by atoms with Crippen LogP contribution < -0.4 is 15.1 Å². The van der Waals surface area contributed by atoms with E-state index in [1.165, 1.54) is 6.26 Å². The van der Waals surface area contributed by atoms with Crippen molar-refractivity contribution in [2.45, 2.75) is 12.5 Å². The third kappa shape index (κ3) is 3.28. The van der Waals surface area contributed by atoms with Gasteiger partial charge in [0.2, 0.25) is 5.43 Å². The van der Waals surface area contributed by atoms with Crippen molar-refractivity contribution in [1.82, 2.24) is 9.88 Å². The van der Waals surface area contributed by atoms with Gasteiger partial charge in [0.1, 0.15) is 23.4 Å². The van der Waals surface area contributed by atoms with Crippen LogP contribution in [0.15, 0.2) is 52.0 Å². The number of nitrogens with zero attached hydrogens (tertiary/aromatic N) is 3. The number of hydrogen-bond donors (Lipinski definition) is 0. The van der Waals surface area contributed by atoms with Crippen molar-refractivity contribution in [2.24, 2.45) is 0 Å². The number of fused-ring (bicyclic) bond motifs is 1. The molecule has 1 saturated heterocycles. The van der Waals surface area contributed by atoms with E-state index in [0.717, 1.165) is 30.9 Å². The van der Waals surface area contributed by atoms with Gasteiger partial charge in [-0.2, -0.15) is 0 Å². The Balaban J connectivity index is 1.62. The zero-order valence-electron chi connectivity index (χ0n) is 15.8. The molecule has 0 bridgehead atoms. The summed E-state index contributed by atoms with van der Waals surface area (Å²) in [5.74, 6) is 1.60. The number of hydrogen-bond acceptors (Lipinski definition) is 6. The summed E-state index contributed by atoms with van der Waals surface area (Å²) in [5.41, 5.74) is 1.72. The van der Waals surface area contributed by atoms with Crippen LogP contribution in [-0.4, -0.2) is 50.2 Å². The van der Waals surface area contributed by atoms with E-state index >= 15 is 0 Å². The van der Waals surface area contributed by atoms with Crippen molar-refractivity contribution in [2.75, 3.05) is 39.2 Å². The second kappa shape index (κ2) is 7.04. The lowest BCUT2D eigenvalue weighted by molar-refractivity contribution is 0.315. The van der Waals surface area contributed by atoms with Crippen LogP contribution in [0, 0.1) is 0 Å². The maximum absolute atomic E-state index is 12.8. The smallest absolute Gasteiger partial charge is 0.200 e. The third-order valence-corrected chi connectivity index (χ3v) is 5.26. The monoisotopic (exact) mass is 365 g/mol. The molecule has 0 radical (unpaired) electrons. The summed E-state index contributed by atoms with van der Waals surface area (Å²) in [6.07, 6.45) is 4.38. The molecule has 1 aromatic carbocycles. The number of rotatable bonds is 4. The first-order valence-corrected chi connectivity index (χ1v) is 9.04. The zero-order valence-corrected chi connectivity index (χ0v) is 15.8. The summed E-state index contributed by atoms with van der Waals surface area (Å²) in [6.45, 7) is 1.97. The van der Waals surface area contributed by atoms with Gasteiger partial charge in [0.25, 0.3) is 0 Å². The SMILES string of the molecule is COc1ccc2c(=O)c(-c3ccc(N4CCC(N(C)C)C4)nc3)coc2c1. The Morgan fingerprint density at radius 3 is 2.78 bits per heavy atom. The fraction of sp³-hybridized carbons (Fsp3) is 0.333. The average molecular weight is 365 g/mol. The van der Waals surface area contributed by atoms with Crippen molar-refractivity contribution < 1.29 is 9.15 Å². The quantitative estimate of drug-likeness (QED) is 0.708. The number of likely N-dealkylation sites (N-methyl/N-ethyl adjacent to an activating group) is 1. The van der Waals surface area contributed by atoms with Gasteiger partial charge in [0, 0.05) is 37.0 Å². The summed E-state index contributed by atoms with van der Waals surface area (Å²) < 4.78 is 10.8. The van der Waals surface area contributed by atoms with E-state index in [2.05, 4.69) is 28.9 Å². The van der Waals surface area contributed by atoms with Gasteiger partial charge in [-0.15, -0.1) is 0 Å². The molecule has 1 unspecified atom stereocenters. The van der Waals surface area contributed by atoms with E-state index in [9.17, 15) is 4.79 Å². The largest absolute Gasteiger partial charge is 0.497 e. The molecule has 1 atom stereocenters. The number of methoxy groups -OCH3 is 1. The second-order valence-corrected chi connectivity index (χ2v) is 7.10. The molecule has 1 aliphatic heterocycles. The van der Waals surface area contributed by atoms with Gasteiger partial charge in [0.05, 0.1) is 18.1 Å². The lowest BCUT2D eigenvalue weighted by atomic mass is 10.1. The van der Waals surface area contributed by atoms with Crippen LogP contribution in [-0.2, 0) is 0 Å². The third-order valence-electron chi connectivity index (χ3n) is 5.26. The van der Waals surface area contributed by atoms with Crippen molar-refractivity contribution >= 4 is 16.8 Å². The second-order valence-electron chi connectivity index (χ2n) is 7.10. The fourth-order valence-corrected chi connectivity index (χ4v) is 3.54. The standard InChI is InChI=1S/C21H23N3O3/c1-23(2)15-8-9-24(12-15)20-7-4-14(11-22-20)18-13-27-19-10-16(26-3)5-6-17(19)21(18)25/h4-7,10-11,13,15H,8-9,12H2,1-3H3. The first-order valence-electron chi connectivity index (χ1n) is 9.04. The van der Waals surface area contributed by atoms with Gasteiger partial charge < -0.3 is 19.0 Å². The number of benzene rings is 1. The van der Waals surface area contributed by atoms with E-state index in [1.807, 2.05) is 12.1 Å². The van der Waals surface area contributed by atoms with Crippen molar-refractivity contribution in [1.29, 1.82) is 0 Å². The van der Waals surface area contributed by atoms with E-state index in [-0.39, 0.29) is 5.43 Å². The highest BCUT2D eigenvalue weighted by atomic mass is 16.5. The molecule has 0 N–H and O–H groups in total. The van der Waals surface area contributed by atoms with Crippen molar-refractivity contribution in [3.8, 4) is 16.9 Å².